The molecule has 0 saturated heterocycles. The molecule has 0 saturated carbocycles. The minimum atomic E-state index is 0.863. The van der Waals surface area contributed by atoms with Gasteiger partial charge in [0.1, 0.15) is 10.4 Å². The SMILES string of the molecule is c1cnc2c(c1)-c1sc3c4ncccn4cc3[n+]1C2. The van der Waals surface area contributed by atoms with Gasteiger partial charge in [-0.05, 0) is 18.2 Å². The van der Waals surface area contributed by atoms with Gasteiger partial charge in [-0.2, -0.15) is 4.57 Å². The topological polar surface area (TPSA) is 34.1 Å². The maximum Gasteiger partial charge on any atom is 0.272 e. The first-order valence-electron chi connectivity index (χ1n) is 6.14. The Kier molecular flexibility index (Phi) is 1.62. The molecular weight excluding hydrogens is 256 g/mol. The van der Waals surface area contributed by atoms with E-state index >= 15 is 0 Å². The summed E-state index contributed by atoms with van der Waals surface area (Å²) >= 11 is 1.80. The van der Waals surface area contributed by atoms with Crippen LogP contribution in [0.15, 0.2) is 43.0 Å². The van der Waals surface area contributed by atoms with Gasteiger partial charge in [0.15, 0.2) is 12.2 Å². The Labute approximate surface area is 112 Å². The van der Waals surface area contributed by atoms with Crippen molar-refractivity contribution in [3.63, 3.8) is 0 Å². The number of fused-ring (bicyclic) bond motifs is 7. The summed E-state index contributed by atoms with van der Waals surface area (Å²) in [6.07, 6.45) is 7.91. The van der Waals surface area contributed by atoms with Crippen LogP contribution in [0.25, 0.3) is 26.4 Å². The van der Waals surface area contributed by atoms with E-state index in [0.717, 1.165) is 12.2 Å². The molecule has 0 spiro atoms. The molecule has 4 aromatic heterocycles. The van der Waals surface area contributed by atoms with Gasteiger partial charge in [0.05, 0.1) is 11.8 Å². The molecule has 0 amide bonds. The zero-order chi connectivity index (χ0) is 12.4. The maximum atomic E-state index is 4.48. The molecule has 0 fully saturated rings. The fraction of sp³-hybridized carbons (Fsp3) is 0.0714. The normalized spacial score (nSPS) is 13.1. The molecule has 5 heteroatoms. The summed E-state index contributed by atoms with van der Waals surface area (Å²) in [5.41, 5.74) is 4.71. The Morgan fingerprint density at radius 3 is 3.16 bits per heavy atom. The second-order valence-corrected chi connectivity index (χ2v) is 5.68. The van der Waals surface area contributed by atoms with Crippen molar-refractivity contribution in [3.05, 3.63) is 48.7 Å². The van der Waals surface area contributed by atoms with Crippen LogP contribution < -0.4 is 4.57 Å². The molecule has 1 aliphatic rings. The van der Waals surface area contributed by atoms with Crippen LogP contribution in [0.1, 0.15) is 5.69 Å². The number of nitrogens with zero attached hydrogens (tertiary/aromatic N) is 4. The van der Waals surface area contributed by atoms with E-state index in [4.69, 9.17) is 0 Å². The lowest BCUT2D eigenvalue weighted by Gasteiger charge is -1.90. The van der Waals surface area contributed by atoms with Gasteiger partial charge in [-0.15, -0.1) is 0 Å². The smallest absolute Gasteiger partial charge is 0.272 e. The van der Waals surface area contributed by atoms with Crippen molar-refractivity contribution in [2.75, 3.05) is 0 Å². The molecule has 0 aromatic carbocycles. The third-order valence-electron chi connectivity index (χ3n) is 3.63. The average Bonchev–Trinajstić information content (AvgIpc) is 3.07. The molecule has 5 rings (SSSR count). The molecule has 0 atom stereocenters. The largest absolute Gasteiger partial charge is 0.300 e. The molecule has 5 heterocycles. The van der Waals surface area contributed by atoms with Crippen molar-refractivity contribution >= 4 is 27.2 Å². The van der Waals surface area contributed by atoms with E-state index in [1.165, 1.54) is 26.5 Å². The first-order chi connectivity index (χ1) is 9.42. The number of rotatable bonds is 0. The van der Waals surface area contributed by atoms with Gasteiger partial charge in [0.2, 0.25) is 5.52 Å². The highest BCUT2D eigenvalue weighted by atomic mass is 32.1. The van der Waals surface area contributed by atoms with Gasteiger partial charge in [-0.3, -0.25) is 4.98 Å². The third kappa shape index (κ3) is 1.11. The number of thiazole rings is 1. The summed E-state index contributed by atoms with van der Waals surface area (Å²) in [7, 11) is 0. The predicted molar refractivity (Wildman–Crippen MR) is 73.1 cm³/mol. The van der Waals surface area contributed by atoms with Crippen LogP contribution in [0.2, 0.25) is 0 Å². The number of hydrogen-bond donors (Lipinski definition) is 0. The van der Waals surface area contributed by atoms with E-state index in [1.54, 1.807) is 11.3 Å². The van der Waals surface area contributed by atoms with Crippen LogP contribution in [-0.4, -0.2) is 14.4 Å². The zero-order valence-electron chi connectivity index (χ0n) is 9.95. The fourth-order valence-electron chi connectivity index (χ4n) is 2.78. The van der Waals surface area contributed by atoms with Gasteiger partial charge in [-0.1, -0.05) is 11.3 Å². The van der Waals surface area contributed by atoms with Crippen LogP contribution in [0.5, 0.6) is 0 Å². The van der Waals surface area contributed by atoms with Crippen molar-refractivity contribution in [3.8, 4) is 10.6 Å². The minimum Gasteiger partial charge on any atom is -0.300 e. The van der Waals surface area contributed by atoms with E-state index in [-0.39, 0.29) is 0 Å². The average molecular weight is 265 g/mol. The first kappa shape index (κ1) is 9.63. The lowest BCUT2D eigenvalue weighted by atomic mass is 10.2. The van der Waals surface area contributed by atoms with E-state index in [1.807, 2.05) is 30.7 Å². The monoisotopic (exact) mass is 265 g/mol. The Morgan fingerprint density at radius 2 is 2.16 bits per heavy atom. The lowest BCUT2D eigenvalue weighted by molar-refractivity contribution is -0.642. The van der Waals surface area contributed by atoms with Gasteiger partial charge < -0.3 is 4.40 Å². The van der Waals surface area contributed by atoms with Crippen LogP contribution in [0.4, 0.5) is 0 Å². The standard InChI is InChI=1S/C14H9N4S/c1-3-9-10(15-4-1)7-18-11-8-17-6-2-5-16-13(17)12(11)19-14(9)18/h1-6,8H,7H2/q+1. The Hall–Kier alpha value is -2.27. The molecular formula is C14H9N4S+. The third-order valence-corrected chi connectivity index (χ3v) is 4.86. The molecule has 0 unspecified atom stereocenters. The summed E-state index contributed by atoms with van der Waals surface area (Å²) in [4.78, 5) is 8.95. The van der Waals surface area contributed by atoms with Crippen molar-refractivity contribution in [1.82, 2.24) is 14.4 Å². The van der Waals surface area contributed by atoms with E-state index in [9.17, 15) is 0 Å². The van der Waals surface area contributed by atoms with Gasteiger partial charge in [-0.25, -0.2) is 4.98 Å². The summed E-state index contributed by atoms with van der Waals surface area (Å²) in [6, 6.07) is 6.11. The quantitative estimate of drug-likeness (QED) is 0.402. The summed E-state index contributed by atoms with van der Waals surface area (Å²) in [5, 5.41) is 1.29. The molecule has 4 nitrogen and oxygen atoms in total. The Bertz CT molecular complexity index is 951. The highest BCUT2D eigenvalue weighted by molar-refractivity contribution is 7.22. The molecule has 0 N–H and O–H groups in total. The first-order valence-corrected chi connectivity index (χ1v) is 6.96. The highest BCUT2D eigenvalue weighted by Crippen LogP contribution is 2.36. The fourth-order valence-corrected chi connectivity index (χ4v) is 4.06. The van der Waals surface area contributed by atoms with Crippen LogP contribution in [0, 0.1) is 0 Å². The predicted octanol–water partition coefficient (Wildman–Crippen LogP) is 2.26. The van der Waals surface area contributed by atoms with Crippen molar-refractivity contribution in [2.45, 2.75) is 6.54 Å². The summed E-state index contributed by atoms with van der Waals surface area (Å²) in [6.45, 7) is 0.863. The van der Waals surface area contributed by atoms with E-state index in [2.05, 4.69) is 31.2 Å². The van der Waals surface area contributed by atoms with Crippen molar-refractivity contribution < 1.29 is 4.57 Å². The van der Waals surface area contributed by atoms with Gasteiger partial charge in [0, 0.05) is 18.6 Å². The summed E-state index contributed by atoms with van der Waals surface area (Å²) < 4.78 is 5.68. The second-order valence-electron chi connectivity index (χ2n) is 4.69. The Balaban J connectivity index is 1.93. The van der Waals surface area contributed by atoms with E-state index in [0.29, 0.717) is 0 Å². The maximum absolute atomic E-state index is 4.48. The van der Waals surface area contributed by atoms with Crippen LogP contribution >= 0.6 is 11.3 Å². The molecule has 90 valence electrons. The van der Waals surface area contributed by atoms with Gasteiger partial charge in [0.25, 0.3) is 5.01 Å². The Morgan fingerprint density at radius 1 is 1.21 bits per heavy atom. The molecule has 19 heavy (non-hydrogen) atoms. The van der Waals surface area contributed by atoms with Gasteiger partial charge >= 0.3 is 0 Å². The van der Waals surface area contributed by atoms with Crippen LogP contribution in [0.3, 0.4) is 0 Å². The van der Waals surface area contributed by atoms with Crippen molar-refractivity contribution in [1.29, 1.82) is 0 Å². The van der Waals surface area contributed by atoms with E-state index < -0.39 is 0 Å². The second kappa shape index (κ2) is 3.19. The number of pyridine rings is 1. The van der Waals surface area contributed by atoms with Crippen molar-refractivity contribution in [2.24, 2.45) is 0 Å². The highest BCUT2D eigenvalue weighted by Gasteiger charge is 2.33. The molecule has 0 radical (unpaired) electrons. The summed E-state index contributed by atoms with van der Waals surface area (Å²) in [5.74, 6) is 0. The zero-order valence-corrected chi connectivity index (χ0v) is 10.8. The molecule has 4 aromatic rings. The molecule has 0 aliphatic carbocycles. The lowest BCUT2D eigenvalue weighted by Crippen LogP contribution is -2.30. The van der Waals surface area contributed by atoms with Crippen LogP contribution in [-0.2, 0) is 6.54 Å². The number of aromatic nitrogens is 4. The molecule has 0 bridgehead atoms. The molecule has 1 aliphatic heterocycles. The minimum absolute atomic E-state index is 0.863. The number of hydrogen-bond acceptors (Lipinski definition) is 3.